The van der Waals surface area contributed by atoms with Crippen LogP contribution in [0.1, 0.15) is 29.9 Å². The second-order valence-electron chi connectivity index (χ2n) is 4.87. The van der Waals surface area contributed by atoms with Crippen LogP contribution in [0.25, 0.3) is 0 Å². The lowest BCUT2D eigenvalue weighted by molar-refractivity contribution is -0.113. The van der Waals surface area contributed by atoms with E-state index in [-0.39, 0.29) is 23.0 Å². The van der Waals surface area contributed by atoms with Gasteiger partial charge in [0.2, 0.25) is 5.91 Å². The van der Waals surface area contributed by atoms with Crippen molar-refractivity contribution in [3.8, 4) is 0 Å². The monoisotopic (exact) mass is 331 g/mol. The van der Waals surface area contributed by atoms with Gasteiger partial charge in [-0.3, -0.25) is 14.4 Å². The molecule has 0 saturated heterocycles. The molecule has 23 heavy (non-hydrogen) atoms. The lowest BCUT2D eigenvalue weighted by Crippen LogP contribution is -2.16. The number of rotatable bonds is 6. The zero-order valence-electron chi connectivity index (χ0n) is 12.9. The summed E-state index contributed by atoms with van der Waals surface area (Å²) < 4.78 is 0. The Balaban J connectivity index is 1.98. The number of amides is 1. The summed E-state index contributed by atoms with van der Waals surface area (Å²) in [4.78, 5) is 41.6. The van der Waals surface area contributed by atoms with Gasteiger partial charge in [0.25, 0.3) is 5.56 Å². The standard InChI is InChI=1S/C16H17N3O3S/c1-3-12-8-14(21)19-16(18-12)23-9-15(22)17-13-6-4-5-11(7-13)10(2)20/h4-8H,3,9H2,1-2H3,(H,17,22)(H,18,19,21). The number of nitrogens with one attached hydrogen (secondary N) is 2. The zero-order valence-corrected chi connectivity index (χ0v) is 13.7. The summed E-state index contributed by atoms with van der Waals surface area (Å²) in [5.41, 5.74) is 1.56. The molecule has 1 aromatic carbocycles. The molecule has 1 heterocycles. The molecule has 0 aliphatic heterocycles. The minimum absolute atomic E-state index is 0.0615. The summed E-state index contributed by atoms with van der Waals surface area (Å²) >= 11 is 1.16. The summed E-state index contributed by atoms with van der Waals surface area (Å²) in [6.07, 6.45) is 0.654. The maximum absolute atomic E-state index is 12.0. The minimum Gasteiger partial charge on any atom is -0.325 e. The maximum Gasteiger partial charge on any atom is 0.251 e. The first-order chi connectivity index (χ1) is 11.0. The van der Waals surface area contributed by atoms with Crippen LogP contribution in [0.15, 0.2) is 40.3 Å². The van der Waals surface area contributed by atoms with Crippen molar-refractivity contribution in [3.63, 3.8) is 0 Å². The van der Waals surface area contributed by atoms with Gasteiger partial charge in [0.15, 0.2) is 10.9 Å². The fraction of sp³-hybridized carbons (Fsp3) is 0.250. The number of hydrogen-bond donors (Lipinski definition) is 2. The Bertz CT molecular complexity index is 786. The Morgan fingerprint density at radius 3 is 2.78 bits per heavy atom. The van der Waals surface area contributed by atoms with Crippen molar-refractivity contribution in [2.75, 3.05) is 11.1 Å². The summed E-state index contributed by atoms with van der Waals surface area (Å²) in [5.74, 6) is -0.186. The number of hydrogen-bond acceptors (Lipinski definition) is 5. The number of anilines is 1. The Hall–Kier alpha value is -2.41. The van der Waals surface area contributed by atoms with E-state index in [9.17, 15) is 14.4 Å². The number of Topliss-reactive ketones (excluding diaryl/α,β-unsaturated/α-hetero) is 1. The number of nitrogens with zero attached hydrogens (tertiary/aromatic N) is 1. The van der Waals surface area contributed by atoms with E-state index in [1.165, 1.54) is 13.0 Å². The molecule has 2 aromatic rings. The Kier molecular flexibility index (Phi) is 5.70. The third-order valence-corrected chi connectivity index (χ3v) is 3.90. The number of aryl methyl sites for hydroxylation is 1. The molecular weight excluding hydrogens is 314 g/mol. The van der Waals surface area contributed by atoms with Crippen LogP contribution in [0.3, 0.4) is 0 Å². The first-order valence-corrected chi connectivity index (χ1v) is 8.10. The molecular formula is C16H17N3O3S. The third kappa shape index (κ3) is 5.07. The van der Waals surface area contributed by atoms with Gasteiger partial charge in [0.05, 0.1) is 5.75 Å². The Morgan fingerprint density at radius 2 is 2.09 bits per heavy atom. The summed E-state index contributed by atoms with van der Waals surface area (Å²) in [6, 6.07) is 8.19. The van der Waals surface area contributed by atoms with Crippen LogP contribution in [0.2, 0.25) is 0 Å². The molecule has 0 atom stereocenters. The molecule has 0 fully saturated rings. The smallest absolute Gasteiger partial charge is 0.251 e. The number of aromatic amines is 1. The van der Waals surface area contributed by atoms with Crippen molar-refractivity contribution in [2.24, 2.45) is 0 Å². The van der Waals surface area contributed by atoms with E-state index in [0.717, 1.165) is 11.8 Å². The van der Waals surface area contributed by atoms with Crippen molar-refractivity contribution in [2.45, 2.75) is 25.4 Å². The van der Waals surface area contributed by atoms with Gasteiger partial charge in [-0.05, 0) is 25.5 Å². The molecule has 0 unspecified atom stereocenters. The van der Waals surface area contributed by atoms with E-state index in [1.54, 1.807) is 24.3 Å². The van der Waals surface area contributed by atoms with E-state index in [1.807, 2.05) is 6.92 Å². The number of aromatic nitrogens is 2. The molecule has 1 aromatic heterocycles. The predicted octanol–water partition coefficient (Wildman–Crippen LogP) is 2.27. The van der Waals surface area contributed by atoms with E-state index >= 15 is 0 Å². The van der Waals surface area contributed by atoms with Crippen LogP contribution in [0.5, 0.6) is 0 Å². The van der Waals surface area contributed by atoms with Crippen LogP contribution in [0, 0.1) is 0 Å². The van der Waals surface area contributed by atoms with Crippen LogP contribution >= 0.6 is 11.8 Å². The molecule has 0 saturated carbocycles. The van der Waals surface area contributed by atoms with Crippen molar-refractivity contribution >= 4 is 29.1 Å². The topological polar surface area (TPSA) is 91.9 Å². The average molecular weight is 331 g/mol. The highest BCUT2D eigenvalue weighted by Crippen LogP contribution is 2.14. The highest BCUT2D eigenvalue weighted by atomic mass is 32.2. The van der Waals surface area contributed by atoms with Gasteiger partial charge in [0, 0.05) is 23.0 Å². The van der Waals surface area contributed by atoms with Crippen LogP contribution < -0.4 is 10.9 Å². The van der Waals surface area contributed by atoms with E-state index < -0.39 is 0 Å². The molecule has 0 aliphatic carbocycles. The quantitative estimate of drug-likeness (QED) is 0.481. The molecule has 0 bridgehead atoms. The number of thioether (sulfide) groups is 1. The lowest BCUT2D eigenvalue weighted by Gasteiger charge is -2.06. The van der Waals surface area contributed by atoms with Crippen LogP contribution in [-0.2, 0) is 11.2 Å². The highest BCUT2D eigenvalue weighted by Gasteiger charge is 2.08. The molecule has 2 N–H and O–H groups in total. The first kappa shape index (κ1) is 17.0. The summed E-state index contributed by atoms with van der Waals surface area (Å²) in [7, 11) is 0. The van der Waals surface area contributed by atoms with Crippen molar-refractivity contribution in [1.82, 2.24) is 9.97 Å². The SMILES string of the molecule is CCc1cc(=O)[nH]c(SCC(=O)Nc2cccc(C(C)=O)c2)n1. The number of carbonyl (C=O) groups excluding carboxylic acids is 2. The predicted molar refractivity (Wildman–Crippen MR) is 90.0 cm³/mol. The Labute approximate surface area is 137 Å². The van der Waals surface area contributed by atoms with Gasteiger partial charge in [-0.15, -0.1) is 0 Å². The van der Waals surface area contributed by atoms with Gasteiger partial charge >= 0.3 is 0 Å². The highest BCUT2D eigenvalue weighted by molar-refractivity contribution is 7.99. The summed E-state index contributed by atoms with van der Waals surface area (Å²) in [5, 5.41) is 3.14. The van der Waals surface area contributed by atoms with Crippen LogP contribution in [0.4, 0.5) is 5.69 Å². The molecule has 120 valence electrons. The largest absolute Gasteiger partial charge is 0.325 e. The molecule has 7 heteroatoms. The van der Waals surface area contributed by atoms with Crippen molar-refractivity contribution in [1.29, 1.82) is 0 Å². The maximum atomic E-state index is 12.0. The van der Waals surface area contributed by atoms with Gasteiger partial charge in [-0.25, -0.2) is 4.98 Å². The fourth-order valence-corrected chi connectivity index (χ4v) is 2.57. The minimum atomic E-state index is -0.236. The van der Waals surface area contributed by atoms with Crippen LogP contribution in [-0.4, -0.2) is 27.4 Å². The Morgan fingerprint density at radius 1 is 1.30 bits per heavy atom. The number of H-pyrrole nitrogens is 1. The molecule has 0 aliphatic rings. The van der Waals surface area contributed by atoms with Crippen molar-refractivity contribution < 1.29 is 9.59 Å². The normalized spacial score (nSPS) is 10.3. The molecule has 0 spiro atoms. The molecule has 0 radical (unpaired) electrons. The lowest BCUT2D eigenvalue weighted by atomic mass is 10.1. The van der Waals surface area contributed by atoms with Gasteiger partial charge in [-0.1, -0.05) is 30.8 Å². The fourth-order valence-electron chi connectivity index (χ4n) is 1.88. The molecule has 1 amide bonds. The summed E-state index contributed by atoms with van der Waals surface area (Å²) in [6.45, 7) is 3.38. The number of carbonyl (C=O) groups is 2. The molecule has 6 nitrogen and oxygen atoms in total. The van der Waals surface area contributed by atoms with Crippen molar-refractivity contribution in [3.05, 3.63) is 51.9 Å². The average Bonchev–Trinajstić information content (AvgIpc) is 2.52. The van der Waals surface area contributed by atoms with E-state index in [2.05, 4.69) is 15.3 Å². The van der Waals surface area contributed by atoms with Gasteiger partial charge < -0.3 is 10.3 Å². The molecule has 2 rings (SSSR count). The van der Waals surface area contributed by atoms with Gasteiger partial charge in [0.1, 0.15) is 0 Å². The number of benzene rings is 1. The van der Waals surface area contributed by atoms with E-state index in [0.29, 0.717) is 28.5 Å². The third-order valence-electron chi connectivity index (χ3n) is 3.03. The van der Waals surface area contributed by atoms with E-state index in [4.69, 9.17) is 0 Å². The zero-order chi connectivity index (χ0) is 16.8. The second kappa shape index (κ2) is 7.73. The van der Waals surface area contributed by atoms with Gasteiger partial charge in [-0.2, -0.15) is 0 Å². The number of ketones is 1. The second-order valence-corrected chi connectivity index (χ2v) is 5.83. The first-order valence-electron chi connectivity index (χ1n) is 7.12.